The van der Waals surface area contributed by atoms with Crippen molar-refractivity contribution in [2.45, 2.75) is 19.4 Å². The predicted molar refractivity (Wildman–Crippen MR) is 62.2 cm³/mol. The van der Waals surface area contributed by atoms with Gasteiger partial charge in [-0.3, -0.25) is 9.59 Å². The summed E-state index contributed by atoms with van der Waals surface area (Å²) in [5.74, 6) is -0.853. The van der Waals surface area contributed by atoms with Gasteiger partial charge < -0.3 is 10.8 Å². The van der Waals surface area contributed by atoms with Crippen molar-refractivity contribution in [2.24, 2.45) is 5.73 Å². The number of carbonyl (C=O) groups is 2. The average Bonchev–Trinajstić information content (AvgIpc) is 2.37. The van der Waals surface area contributed by atoms with Crippen LogP contribution >= 0.6 is 0 Å². The maximum atomic E-state index is 11.7. The number of aliphatic hydroxyl groups is 1. The fourth-order valence-electron chi connectivity index (χ4n) is 2.02. The summed E-state index contributed by atoms with van der Waals surface area (Å²) >= 11 is 0. The Morgan fingerprint density at radius 2 is 2.18 bits per heavy atom. The van der Waals surface area contributed by atoms with Crippen LogP contribution in [-0.4, -0.2) is 23.5 Å². The molecule has 0 radical (unpaired) electrons. The molecule has 3 N–H and O–H groups in total. The van der Waals surface area contributed by atoms with Gasteiger partial charge in [-0.2, -0.15) is 0 Å². The molecule has 0 bridgehead atoms. The van der Waals surface area contributed by atoms with E-state index >= 15 is 0 Å². The molecule has 2 rings (SSSR count). The second kappa shape index (κ2) is 4.65. The first kappa shape index (κ1) is 11.8. The quantitative estimate of drug-likeness (QED) is 0.751. The molecule has 17 heavy (non-hydrogen) atoms. The Kier molecular flexibility index (Phi) is 3.21. The van der Waals surface area contributed by atoms with Gasteiger partial charge in [0, 0.05) is 13.0 Å². The minimum absolute atomic E-state index is 0.267. The number of carbonyl (C=O) groups excluding carboxylic acids is 2. The Balaban J connectivity index is 2.45. The summed E-state index contributed by atoms with van der Waals surface area (Å²) < 4.78 is 0. The highest BCUT2D eigenvalue weighted by atomic mass is 16.3. The lowest BCUT2D eigenvalue weighted by molar-refractivity contribution is -0.128. The number of anilines is 1. The van der Waals surface area contributed by atoms with Crippen molar-refractivity contribution in [2.75, 3.05) is 11.5 Å². The zero-order chi connectivity index (χ0) is 12.4. The smallest absolute Gasteiger partial charge is 0.259 e. The van der Waals surface area contributed by atoms with Gasteiger partial charge in [0.25, 0.3) is 5.91 Å². The topological polar surface area (TPSA) is 83.6 Å². The van der Waals surface area contributed by atoms with Crippen molar-refractivity contribution in [1.29, 1.82) is 0 Å². The maximum Gasteiger partial charge on any atom is 0.259 e. The molecule has 5 heteroatoms. The highest BCUT2D eigenvalue weighted by Crippen LogP contribution is 2.28. The lowest BCUT2D eigenvalue weighted by Gasteiger charge is -2.27. The Morgan fingerprint density at radius 1 is 1.41 bits per heavy atom. The Labute approximate surface area is 98.8 Å². The van der Waals surface area contributed by atoms with Crippen molar-refractivity contribution in [1.82, 2.24) is 0 Å². The van der Waals surface area contributed by atoms with E-state index in [-0.39, 0.29) is 12.3 Å². The zero-order valence-corrected chi connectivity index (χ0v) is 9.35. The van der Waals surface area contributed by atoms with E-state index in [0.29, 0.717) is 18.7 Å². The lowest BCUT2D eigenvalue weighted by atomic mass is 9.98. The monoisotopic (exact) mass is 234 g/mol. The van der Waals surface area contributed by atoms with E-state index in [4.69, 9.17) is 10.8 Å². The molecular formula is C12H14N2O3. The summed E-state index contributed by atoms with van der Waals surface area (Å²) in [6.07, 6.45) is 0.893. The molecule has 0 aliphatic carbocycles. The van der Waals surface area contributed by atoms with Gasteiger partial charge in [0.1, 0.15) is 6.61 Å². The molecule has 1 aromatic carbocycles. The van der Waals surface area contributed by atoms with Crippen LogP contribution in [0.25, 0.3) is 0 Å². The number of rotatable bonds is 2. The van der Waals surface area contributed by atoms with Gasteiger partial charge in [-0.05, 0) is 23.6 Å². The molecule has 1 aromatic rings. The molecule has 5 nitrogen and oxygen atoms in total. The third-order valence-corrected chi connectivity index (χ3v) is 2.86. The minimum Gasteiger partial charge on any atom is -0.387 e. The van der Waals surface area contributed by atoms with Gasteiger partial charge >= 0.3 is 0 Å². The highest BCUT2D eigenvalue weighted by molar-refractivity contribution is 6.16. The Hall–Kier alpha value is -1.72. The van der Waals surface area contributed by atoms with Gasteiger partial charge in [0.15, 0.2) is 0 Å². The summed E-state index contributed by atoms with van der Waals surface area (Å²) in [4.78, 5) is 24.3. The highest BCUT2D eigenvalue weighted by Gasteiger charge is 2.28. The number of hydrogen-bond donors (Lipinski definition) is 2. The van der Waals surface area contributed by atoms with E-state index in [1.165, 1.54) is 0 Å². The summed E-state index contributed by atoms with van der Waals surface area (Å²) in [5.41, 5.74) is 8.00. The summed E-state index contributed by atoms with van der Waals surface area (Å²) in [6, 6.07) is 5.40. The van der Waals surface area contributed by atoms with Gasteiger partial charge in [-0.15, -0.1) is 0 Å². The SMILES string of the molecule is NCc1ccc2c(c1)CCC(=O)N2C(=O)CO. The molecule has 2 amide bonds. The molecule has 0 spiro atoms. The van der Waals surface area contributed by atoms with Crippen LogP contribution in [0.15, 0.2) is 18.2 Å². The molecular weight excluding hydrogens is 220 g/mol. The van der Waals surface area contributed by atoms with Crippen molar-refractivity contribution in [3.05, 3.63) is 29.3 Å². The van der Waals surface area contributed by atoms with E-state index in [1.54, 1.807) is 12.1 Å². The van der Waals surface area contributed by atoms with Crippen molar-refractivity contribution in [3.63, 3.8) is 0 Å². The van der Waals surface area contributed by atoms with Crippen LogP contribution in [0.2, 0.25) is 0 Å². The van der Waals surface area contributed by atoms with Crippen molar-refractivity contribution >= 4 is 17.5 Å². The van der Waals surface area contributed by atoms with Gasteiger partial charge in [-0.25, -0.2) is 4.90 Å². The van der Waals surface area contributed by atoms with E-state index in [2.05, 4.69) is 0 Å². The Morgan fingerprint density at radius 3 is 2.82 bits per heavy atom. The molecule has 1 aliphatic rings. The molecule has 90 valence electrons. The second-order valence-electron chi connectivity index (χ2n) is 3.95. The first-order valence-electron chi connectivity index (χ1n) is 5.46. The first-order chi connectivity index (χ1) is 8.17. The van der Waals surface area contributed by atoms with Crippen molar-refractivity contribution < 1.29 is 14.7 Å². The van der Waals surface area contributed by atoms with E-state index < -0.39 is 12.5 Å². The number of nitrogens with two attached hydrogens (primary N) is 1. The Bertz CT molecular complexity index is 471. The number of imide groups is 1. The minimum atomic E-state index is -0.663. The number of amides is 2. The van der Waals surface area contributed by atoms with Gasteiger partial charge in [-0.1, -0.05) is 12.1 Å². The molecule has 1 aliphatic heterocycles. The number of aryl methyl sites for hydroxylation is 1. The molecule has 0 fully saturated rings. The average molecular weight is 234 g/mol. The molecule has 0 saturated heterocycles. The van der Waals surface area contributed by atoms with Crippen LogP contribution in [-0.2, 0) is 22.6 Å². The number of nitrogens with zero attached hydrogens (tertiary/aromatic N) is 1. The fraction of sp³-hybridized carbons (Fsp3) is 0.333. The number of benzene rings is 1. The van der Waals surface area contributed by atoms with Crippen LogP contribution in [0, 0.1) is 0 Å². The number of hydrogen-bond acceptors (Lipinski definition) is 4. The summed E-state index contributed by atoms with van der Waals surface area (Å²) in [6.45, 7) is -0.237. The van der Waals surface area contributed by atoms with E-state index in [1.807, 2.05) is 6.07 Å². The van der Waals surface area contributed by atoms with Crippen LogP contribution < -0.4 is 10.6 Å². The lowest BCUT2D eigenvalue weighted by Crippen LogP contribution is -2.41. The van der Waals surface area contributed by atoms with Gasteiger partial charge in [0.2, 0.25) is 5.91 Å². The van der Waals surface area contributed by atoms with E-state index in [9.17, 15) is 9.59 Å². The van der Waals surface area contributed by atoms with Crippen molar-refractivity contribution in [3.8, 4) is 0 Å². The molecule has 0 saturated carbocycles. The third kappa shape index (κ3) is 2.07. The molecule has 0 atom stereocenters. The third-order valence-electron chi connectivity index (χ3n) is 2.86. The van der Waals surface area contributed by atoms with Gasteiger partial charge in [0.05, 0.1) is 5.69 Å². The van der Waals surface area contributed by atoms with Crippen LogP contribution in [0.5, 0.6) is 0 Å². The van der Waals surface area contributed by atoms with E-state index in [0.717, 1.165) is 16.0 Å². The van der Waals surface area contributed by atoms with Crippen LogP contribution in [0.1, 0.15) is 17.5 Å². The predicted octanol–water partition coefficient (Wildman–Crippen LogP) is -0.0566. The zero-order valence-electron chi connectivity index (χ0n) is 9.35. The summed E-state index contributed by atoms with van der Waals surface area (Å²) in [7, 11) is 0. The molecule has 0 unspecified atom stereocenters. The molecule has 1 heterocycles. The molecule has 0 aromatic heterocycles. The number of fused-ring (bicyclic) bond motifs is 1. The number of aliphatic hydroxyl groups excluding tert-OH is 1. The first-order valence-corrected chi connectivity index (χ1v) is 5.46. The largest absolute Gasteiger partial charge is 0.387 e. The fourth-order valence-corrected chi connectivity index (χ4v) is 2.02. The second-order valence-corrected chi connectivity index (χ2v) is 3.95. The standard InChI is InChI=1S/C12H14N2O3/c13-6-8-1-3-10-9(5-8)2-4-11(16)14(10)12(17)7-15/h1,3,5,15H,2,4,6-7,13H2. The normalized spacial score (nSPS) is 14.7. The van der Waals surface area contributed by atoms with Crippen LogP contribution in [0.4, 0.5) is 5.69 Å². The van der Waals surface area contributed by atoms with Crippen LogP contribution in [0.3, 0.4) is 0 Å². The maximum absolute atomic E-state index is 11.7. The summed E-state index contributed by atoms with van der Waals surface area (Å²) in [5, 5.41) is 8.87.